The average Bonchev–Trinajstić information content (AvgIpc) is 2.62. The van der Waals surface area contributed by atoms with Crippen molar-refractivity contribution in [3.63, 3.8) is 0 Å². The zero-order chi connectivity index (χ0) is 13.1. The minimum absolute atomic E-state index is 0.372. The summed E-state index contributed by atoms with van der Waals surface area (Å²) in [6.45, 7) is 0. The number of halogens is 1. The van der Waals surface area contributed by atoms with E-state index in [1.165, 1.54) is 30.4 Å². The first-order chi connectivity index (χ1) is 9.33. The van der Waals surface area contributed by atoms with E-state index in [9.17, 15) is 0 Å². The number of anilines is 1. The molecule has 19 heavy (non-hydrogen) atoms. The molecular formula is C16H17ClN2. The van der Waals surface area contributed by atoms with Crippen LogP contribution in [0.5, 0.6) is 0 Å². The molecule has 98 valence electrons. The number of nitrogens with zero attached hydrogens (tertiary/aromatic N) is 1. The molecule has 0 aliphatic heterocycles. The summed E-state index contributed by atoms with van der Waals surface area (Å²) in [5.41, 5.74) is 3.94. The van der Waals surface area contributed by atoms with E-state index in [0.717, 1.165) is 12.1 Å². The summed E-state index contributed by atoms with van der Waals surface area (Å²) in [6.07, 6.45) is 6.62. The Morgan fingerprint density at radius 3 is 2.95 bits per heavy atom. The zero-order valence-electron chi connectivity index (χ0n) is 10.8. The largest absolute Gasteiger partial charge is 0.378 e. The summed E-state index contributed by atoms with van der Waals surface area (Å²) >= 11 is 5.94. The van der Waals surface area contributed by atoms with Crippen molar-refractivity contribution in [2.75, 3.05) is 5.32 Å². The van der Waals surface area contributed by atoms with Crippen molar-refractivity contribution in [3.05, 3.63) is 58.9 Å². The third-order valence-corrected chi connectivity index (χ3v) is 3.89. The third kappa shape index (κ3) is 2.90. The number of rotatable bonds is 2. The summed E-state index contributed by atoms with van der Waals surface area (Å²) in [4.78, 5) is 4.02. The Labute approximate surface area is 118 Å². The monoisotopic (exact) mass is 272 g/mol. The molecule has 1 aliphatic rings. The van der Waals surface area contributed by atoms with Gasteiger partial charge in [0.1, 0.15) is 5.15 Å². The molecule has 1 heterocycles. The highest BCUT2D eigenvalue weighted by atomic mass is 35.5. The maximum atomic E-state index is 5.94. The number of nitrogens with one attached hydrogen (secondary N) is 1. The maximum absolute atomic E-state index is 5.94. The van der Waals surface area contributed by atoms with Crippen LogP contribution in [-0.4, -0.2) is 4.98 Å². The second-order valence-corrected chi connectivity index (χ2v) is 5.40. The minimum atomic E-state index is 0.372. The van der Waals surface area contributed by atoms with Gasteiger partial charge in [-0.15, -0.1) is 0 Å². The van der Waals surface area contributed by atoms with Crippen LogP contribution in [-0.2, 0) is 6.42 Å². The second kappa shape index (κ2) is 5.62. The minimum Gasteiger partial charge on any atom is -0.378 e. The van der Waals surface area contributed by atoms with Gasteiger partial charge in [-0.1, -0.05) is 42.3 Å². The predicted octanol–water partition coefficient (Wildman–Crippen LogP) is 4.61. The first-order valence-electron chi connectivity index (χ1n) is 6.79. The number of aryl methyl sites for hydroxylation is 1. The smallest absolute Gasteiger partial charge is 0.131 e. The lowest BCUT2D eigenvalue weighted by molar-refractivity contribution is 0.644. The number of benzene rings is 1. The van der Waals surface area contributed by atoms with Gasteiger partial charge in [-0.2, -0.15) is 0 Å². The summed E-state index contributed by atoms with van der Waals surface area (Å²) in [6, 6.07) is 13.0. The van der Waals surface area contributed by atoms with Crippen LogP contribution in [0.15, 0.2) is 42.6 Å². The Balaban J connectivity index is 1.88. The lowest BCUT2D eigenvalue weighted by Crippen LogP contribution is -2.11. The third-order valence-electron chi connectivity index (χ3n) is 3.69. The van der Waals surface area contributed by atoms with Crippen LogP contribution in [0.2, 0.25) is 5.15 Å². The van der Waals surface area contributed by atoms with Crippen LogP contribution in [0, 0.1) is 0 Å². The number of pyridine rings is 1. The molecule has 2 aromatic rings. The Bertz CT molecular complexity index is 568. The second-order valence-electron chi connectivity index (χ2n) is 5.01. The summed E-state index contributed by atoms with van der Waals surface area (Å²) in [5, 5.41) is 4.13. The van der Waals surface area contributed by atoms with Crippen molar-refractivity contribution in [1.82, 2.24) is 4.98 Å². The Morgan fingerprint density at radius 1 is 1.16 bits per heavy atom. The van der Waals surface area contributed by atoms with Gasteiger partial charge in [0.15, 0.2) is 0 Å². The summed E-state index contributed by atoms with van der Waals surface area (Å²) < 4.78 is 0. The molecule has 0 bridgehead atoms. The van der Waals surface area contributed by atoms with E-state index in [1.807, 2.05) is 12.1 Å². The highest BCUT2D eigenvalue weighted by molar-refractivity contribution is 6.29. The number of hydrogen-bond acceptors (Lipinski definition) is 2. The topological polar surface area (TPSA) is 24.9 Å². The van der Waals surface area contributed by atoms with E-state index >= 15 is 0 Å². The van der Waals surface area contributed by atoms with Gasteiger partial charge in [-0.3, -0.25) is 0 Å². The molecule has 2 nitrogen and oxygen atoms in total. The van der Waals surface area contributed by atoms with E-state index in [1.54, 1.807) is 6.20 Å². The Kier molecular flexibility index (Phi) is 3.69. The van der Waals surface area contributed by atoms with Crippen LogP contribution in [0.1, 0.15) is 36.4 Å². The molecule has 1 aliphatic carbocycles. The van der Waals surface area contributed by atoms with Crippen molar-refractivity contribution in [1.29, 1.82) is 0 Å². The molecule has 1 aromatic heterocycles. The molecule has 0 spiro atoms. The van der Waals surface area contributed by atoms with Crippen molar-refractivity contribution in [3.8, 4) is 0 Å². The van der Waals surface area contributed by atoms with Crippen LogP contribution >= 0.6 is 11.6 Å². The summed E-state index contributed by atoms with van der Waals surface area (Å²) in [7, 11) is 0. The van der Waals surface area contributed by atoms with Crippen LogP contribution in [0.4, 0.5) is 5.69 Å². The molecule has 0 fully saturated rings. The van der Waals surface area contributed by atoms with Crippen molar-refractivity contribution < 1.29 is 0 Å². The first kappa shape index (κ1) is 12.5. The highest BCUT2D eigenvalue weighted by Crippen LogP contribution is 2.31. The van der Waals surface area contributed by atoms with E-state index < -0.39 is 0 Å². The average molecular weight is 273 g/mol. The molecule has 0 radical (unpaired) electrons. The molecule has 0 amide bonds. The van der Waals surface area contributed by atoms with Crippen LogP contribution in [0.3, 0.4) is 0 Å². The SMILES string of the molecule is Clc1cc(NC2CCCCc3ccccc32)ccn1. The van der Waals surface area contributed by atoms with E-state index in [0.29, 0.717) is 11.2 Å². The zero-order valence-corrected chi connectivity index (χ0v) is 11.5. The maximum Gasteiger partial charge on any atom is 0.131 e. The number of hydrogen-bond donors (Lipinski definition) is 1. The lowest BCUT2D eigenvalue weighted by Gasteiger charge is -2.20. The van der Waals surface area contributed by atoms with Crippen LogP contribution in [0.25, 0.3) is 0 Å². The molecule has 0 saturated carbocycles. The van der Waals surface area contributed by atoms with Gasteiger partial charge in [-0.05, 0) is 42.5 Å². The number of fused-ring (bicyclic) bond motifs is 1. The molecule has 1 atom stereocenters. The van der Waals surface area contributed by atoms with E-state index in [-0.39, 0.29) is 0 Å². The van der Waals surface area contributed by atoms with Gasteiger partial charge in [0, 0.05) is 11.9 Å². The van der Waals surface area contributed by atoms with Crippen molar-refractivity contribution in [2.45, 2.75) is 31.7 Å². The van der Waals surface area contributed by atoms with Gasteiger partial charge >= 0.3 is 0 Å². The van der Waals surface area contributed by atoms with Crippen molar-refractivity contribution >= 4 is 17.3 Å². The van der Waals surface area contributed by atoms with Gasteiger partial charge < -0.3 is 5.32 Å². The molecule has 1 aromatic carbocycles. The normalized spacial score (nSPS) is 18.5. The standard InChI is InChI=1S/C16H17ClN2/c17-16-11-13(9-10-18-16)19-15-8-4-2-6-12-5-1-3-7-14(12)15/h1,3,5,7,9-11,15H,2,4,6,8H2,(H,18,19). The molecule has 1 unspecified atom stereocenters. The molecule has 0 saturated heterocycles. The fourth-order valence-electron chi connectivity index (χ4n) is 2.76. The molecule has 1 N–H and O–H groups in total. The molecule has 3 heteroatoms. The summed E-state index contributed by atoms with van der Waals surface area (Å²) in [5.74, 6) is 0. The number of aromatic nitrogens is 1. The highest BCUT2D eigenvalue weighted by Gasteiger charge is 2.17. The van der Waals surface area contributed by atoms with E-state index in [2.05, 4.69) is 34.6 Å². The Morgan fingerprint density at radius 2 is 2.05 bits per heavy atom. The van der Waals surface area contributed by atoms with Gasteiger partial charge in [0.25, 0.3) is 0 Å². The molecular weight excluding hydrogens is 256 g/mol. The van der Waals surface area contributed by atoms with E-state index in [4.69, 9.17) is 11.6 Å². The lowest BCUT2D eigenvalue weighted by atomic mass is 9.99. The predicted molar refractivity (Wildman–Crippen MR) is 79.6 cm³/mol. The van der Waals surface area contributed by atoms with Crippen molar-refractivity contribution in [2.24, 2.45) is 0 Å². The quantitative estimate of drug-likeness (QED) is 0.638. The fourth-order valence-corrected chi connectivity index (χ4v) is 2.94. The fraction of sp³-hybridized carbons (Fsp3) is 0.312. The van der Waals surface area contributed by atoms with Gasteiger partial charge in [-0.25, -0.2) is 4.98 Å². The molecule has 3 rings (SSSR count). The van der Waals surface area contributed by atoms with Gasteiger partial charge in [0.2, 0.25) is 0 Å². The Hall–Kier alpha value is -1.54. The van der Waals surface area contributed by atoms with Gasteiger partial charge in [0.05, 0.1) is 6.04 Å². The van der Waals surface area contributed by atoms with Crippen LogP contribution < -0.4 is 5.32 Å². The first-order valence-corrected chi connectivity index (χ1v) is 7.16.